The van der Waals surface area contributed by atoms with E-state index in [1.165, 1.54) is 16.7 Å². The van der Waals surface area contributed by atoms with Crippen molar-refractivity contribution in [2.45, 2.75) is 56.8 Å². The van der Waals surface area contributed by atoms with Crippen molar-refractivity contribution in [2.24, 2.45) is 0 Å². The minimum atomic E-state index is -0.327. The highest BCUT2D eigenvalue weighted by molar-refractivity contribution is 5.67. The Morgan fingerprint density at radius 1 is 1.17 bits per heavy atom. The van der Waals surface area contributed by atoms with Crippen LogP contribution in [0.5, 0.6) is 11.5 Å². The van der Waals surface area contributed by atoms with Gasteiger partial charge < -0.3 is 14.2 Å². The minimum absolute atomic E-state index is 0.144. The molecule has 6 heteroatoms. The third-order valence-corrected chi connectivity index (χ3v) is 6.53. The fourth-order valence-corrected chi connectivity index (χ4v) is 5.42. The summed E-state index contributed by atoms with van der Waals surface area (Å²) in [5.74, 6) is 2.55. The van der Waals surface area contributed by atoms with Crippen molar-refractivity contribution in [2.75, 3.05) is 27.5 Å². The Bertz CT molecular complexity index is 899. The average Bonchev–Trinajstić information content (AvgIpc) is 3.03. The Kier molecular flexibility index (Phi) is 4.25. The number of allylic oxidation sites excluding steroid dienone is 2. The summed E-state index contributed by atoms with van der Waals surface area (Å²) in [6, 6.07) is 4.46. The Balaban J connectivity index is 1.56. The number of methoxy groups -OCH3 is 2. The number of benzene rings is 1. The summed E-state index contributed by atoms with van der Waals surface area (Å²) in [6.07, 6.45) is 6.01. The van der Waals surface area contributed by atoms with E-state index in [-0.39, 0.29) is 23.2 Å². The maximum atomic E-state index is 6.53. The largest absolute Gasteiger partial charge is 0.497 e. The summed E-state index contributed by atoms with van der Waals surface area (Å²) < 4.78 is 17.9. The number of rotatable bonds is 5. The highest BCUT2D eigenvalue weighted by atomic mass is 17.2. The molecule has 0 radical (unpaired) electrons. The minimum Gasteiger partial charge on any atom is -0.497 e. The van der Waals surface area contributed by atoms with Gasteiger partial charge >= 0.3 is 0 Å². The lowest BCUT2D eigenvalue weighted by atomic mass is 9.57. The quantitative estimate of drug-likeness (QED) is 0.558. The number of piperidine rings is 1. The van der Waals surface area contributed by atoms with Crippen LogP contribution < -0.4 is 9.47 Å². The van der Waals surface area contributed by atoms with Gasteiger partial charge in [-0.15, -0.1) is 0 Å². The van der Waals surface area contributed by atoms with Gasteiger partial charge in [0.15, 0.2) is 17.6 Å². The molecule has 2 aliphatic carbocycles. The average molecular weight is 399 g/mol. The van der Waals surface area contributed by atoms with Crippen molar-refractivity contribution in [1.82, 2.24) is 4.90 Å². The van der Waals surface area contributed by atoms with Crippen molar-refractivity contribution in [3.8, 4) is 11.5 Å². The normalized spacial score (nSPS) is 29.6. The van der Waals surface area contributed by atoms with Crippen LogP contribution in [-0.2, 0) is 26.3 Å². The van der Waals surface area contributed by atoms with E-state index in [9.17, 15) is 0 Å². The van der Waals surface area contributed by atoms with Crippen LogP contribution in [0.3, 0.4) is 0 Å². The number of likely N-dealkylation sites (tertiary alicyclic amines) is 1. The van der Waals surface area contributed by atoms with Crippen molar-refractivity contribution in [1.29, 1.82) is 0 Å². The maximum Gasteiger partial charge on any atom is 0.169 e. The zero-order valence-corrected chi connectivity index (χ0v) is 17.8. The molecule has 3 atom stereocenters. The predicted octanol–water partition coefficient (Wildman–Crippen LogP) is 3.50. The smallest absolute Gasteiger partial charge is 0.169 e. The second-order valence-corrected chi connectivity index (χ2v) is 9.22. The van der Waals surface area contributed by atoms with E-state index in [4.69, 9.17) is 24.0 Å². The third-order valence-electron chi connectivity index (χ3n) is 6.53. The first-order valence-corrected chi connectivity index (χ1v) is 10.3. The van der Waals surface area contributed by atoms with E-state index in [0.29, 0.717) is 6.73 Å². The monoisotopic (exact) mass is 399 g/mol. The second-order valence-electron chi connectivity index (χ2n) is 9.22. The molecule has 0 unspecified atom stereocenters. The van der Waals surface area contributed by atoms with Crippen molar-refractivity contribution < 1.29 is 24.0 Å². The van der Waals surface area contributed by atoms with Crippen LogP contribution in [-0.4, -0.2) is 50.1 Å². The third kappa shape index (κ3) is 2.66. The Morgan fingerprint density at radius 3 is 2.72 bits per heavy atom. The molecule has 29 heavy (non-hydrogen) atoms. The lowest BCUT2D eigenvalue weighted by molar-refractivity contribution is -0.366. The highest BCUT2D eigenvalue weighted by Crippen LogP contribution is 2.62. The first-order chi connectivity index (χ1) is 13.9. The van der Waals surface area contributed by atoms with Crippen LogP contribution in [0, 0.1) is 0 Å². The summed E-state index contributed by atoms with van der Waals surface area (Å²) in [4.78, 5) is 13.5. The van der Waals surface area contributed by atoms with Crippen LogP contribution in [0.4, 0.5) is 0 Å². The predicted molar refractivity (Wildman–Crippen MR) is 108 cm³/mol. The molecule has 0 amide bonds. The molecule has 2 aliphatic heterocycles. The van der Waals surface area contributed by atoms with Crippen LogP contribution in [0.2, 0.25) is 0 Å². The fourth-order valence-electron chi connectivity index (χ4n) is 5.42. The summed E-state index contributed by atoms with van der Waals surface area (Å²) in [5, 5.41) is 0. The van der Waals surface area contributed by atoms with Gasteiger partial charge in [-0.05, 0) is 56.9 Å². The molecule has 4 aliphatic rings. The van der Waals surface area contributed by atoms with Gasteiger partial charge in [-0.25, -0.2) is 9.78 Å². The van der Waals surface area contributed by atoms with Crippen molar-refractivity contribution in [3.05, 3.63) is 46.7 Å². The molecule has 0 N–H and O–H groups in total. The summed E-state index contributed by atoms with van der Waals surface area (Å²) in [5.41, 5.74) is 3.48. The molecule has 1 saturated heterocycles. The number of nitrogens with zero attached hydrogens (tertiary/aromatic N) is 1. The number of hydrogen-bond donors (Lipinski definition) is 0. The van der Waals surface area contributed by atoms with Gasteiger partial charge in [0.25, 0.3) is 0 Å². The van der Waals surface area contributed by atoms with Gasteiger partial charge in [0.2, 0.25) is 0 Å². The standard InChI is InChI=1S/C23H29NO5/c1-22(2,3)29-27-13-24-11-10-23-15-7-9-18(26-5)21(23)28-20-17(25-4)8-6-14(19(20)23)12-16(15)24/h6-9,16,21H,10-13H2,1-5H3/t16-,21+,23+/m1/s1. The van der Waals surface area contributed by atoms with E-state index >= 15 is 0 Å². The van der Waals surface area contributed by atoms with Gasteiger partial charge in [0, 0.05) is 18.2 Å². The van der Waals surface area contributed by atoms with E-state index in [1.54, 1.807) is 14.2 Å². The fraction of sp³-hybridized carbons (Fsp3) is 0.565. The van der Waals surface area contributed by atoms with E-state index in [0.717, 1.165) is 36.6 Å². The van der Waals surface area contributed by atoms with Gasteiger partial charge in [-0.2, -0.15) is 0 Å². The highest BCUT2D eigenvalue weighted by Gasteiger charge is 2.62. The van der Waals surface area contributed by atoms with Crippen molar-refractivity contribution in [3.63, 3.8) is 0 Å². The van der Waals surface area contributed by atoms with Crippen LogP contribution in [0.25, 0.3) is 0 Å². The molecule has 2 bridgehead atoms. The summed E-state index contributed by atoms with van der Waals surface area (Å²) in [6.45, 7) is 7.32. The molecular formula is C23H29NO5. The van der Waals surface area contributed by atoms with Crippen LogP contribution >= 0.6 is 0 Å². The van der Waals surface area contributed by atoms with Crippen LogP contribution in [0.15, 0.2) is 35.6 Å². The molecule has 156 valence electrons. The van der Waals surface area contributed by atoms with Gasteiger partial charge in [0.05, 0.1) is 25.2 Å². The summed E-state index contributed by atoms with van der Waals surface area (Å²) in [7, 11) is 3.42. The molecular weight excluding hydrogens is 370 g/mol. The molecule has 1 aromatic rings. The van der Waals surface area contributed by atoms with Crippen LogP contribution in [0.1, 0.15) is 38.3 Å². The lowest BCUT2D eigenvalue weighted by Gasteiger charge is -2.53. The van der Waals surface area contributed by atoms with Crippen molar-refractivity contribution >= 4 is 0 Å². The van der Waals surface area contributed by atoms with E-state index in [2.05, 4.69) is 23.1 Å². The second kappa shape index (κ2) is 6.49. The lowest BCUT2D eigenvalue weighted by Crippen LogP contribution is -2.59. The van der Waals surface area contributed by atoms with E-state index < -0.39 is 0 Å². The molecule has 2 heterocycles. The summed E-state index contributed by atoms with van der Waals surface area (Å²) >= 11 is 0. The van der Waals surface area contributed by atoms with Gasteiger partial charge in [-0.3, -0.25) is 4.90 Å². The van der Waals surface area contributed by atoms with Gasteiger partial charge in [-0.1, -0.05) is 12.1 Å². The molecule has 0 aromatic heterocycles. The topological polar surface area (TPSA) is 49.4 Å². The molecule has 1 aromatic carbocycles. The first-order valence-electron chi connectivity index (χ1n) is 10.3. The molecule has 5 rings (SSSR count). The molecule has 1 spiro atoms. The zero-order chi connectivity index (χ0) is 20.4. The van der Waals surface area contributed by atoms with E-state index in [1.807, 2.05) is 26.8 Å². The Hall–Kier alpha value is -2.02. The Labute approximate surface area is 171 Å². The Morgan fingerprint density at radius 2 is 2.00 bits per heavy atom. The zero-order valence-electron chi connectivity index (χ0n) is 17.8. The first kappa shape index (κ1) is 19.0. The molecule has 6 nitrogen and oxygen atoms in total. The van der Waals surface area contributed by atoms with Gasteiger partial charge in [0.1, 0.15) is 12.5 Å². The molecule has 0 saturated carbocycles. The molecule has 1 fully saturated rings. The number of hydrogen-bond acceptors (Lipinski definition) is 6. The maximum absolute atomic E-state index is 6.53. The SMILES string of the molecule is COC1=CC=C2[C@H]3Cc4ccc(OC)c5c4[C@@]2(CCN3COOC(C)(C)C)[C@H]1O5. The number of ether oxygens (including phenoxy) is 3.